The summed E-state index contributed by atoms with van der Waals surface area (Å²) in [5, 5.41) is 12.1. The maximum atomic E-state index is 11.3. The molecule has 1 amide bonds. The van der Waals surface area contributed by atoms with Crippen molar-refractivity contribution in [3.8, 4) is 5.75 Å². The van der Waals surface area contributed by atoms with E-state index in [4.69, 9.17) is 9.11 Å². The molecule has 0 aliphatic rings. The van der Waals surface area contributed by atoms with E-state index in [0.29, 0.717) is 0 Å². The molecular weight excluding hydrogens is 396 g/mol. The van der Waals surface area contributed by atoms with E-state index in [1.807, 2.05) is 0 Å². The first kappa shape index (κ1) is 24.8. The molecule has 0 spiro atoms. The Hall–Kier alpha value is -0.210. The molecule has 0 bridgehead atoms. The summed E-state index contributed by atoms with van der Waals surface area (Å²) in [6.45, 7) is 1.13. The van der Waals surface area contributed by atoms with Gasteiger partial charge in [0.15, 0.2) is 0 Å². The first-order chi connectivity index (χ1) is 10.4. The number of hydrogen-bond acceptors (Lipinski definition) is 6. The van der Waals surface area contributed by atoms with E-state index in [9.17, 15) is 26.7 Å². The summed E-state index contributed by atoms with van der Waals surface area (Å²) in [6.07, 6.45) is 0. The van der Waals surface area contributed by atoms with Crippen molar-refractivity contribution in [1.29, 1.82) is 0 Å². The van der Waals surface area contributed by atoms with Crippen LogP contribution in [0.4, 0.5) is 5.69 Å². The predicted octanol–water partition coefficient (Wildman–Crippen LogP) is -4.77. The number of benzene rings is 2. The molecule has 0 saturated heterocycles. The molecule has 128 valence electrons. The van der Waals surface area contributed by atoms with Crippen LogP contribution < -0.4 is 64.4 Å². The van der Waals surface area contributed by atoms with Gasteiger partial charge < -0.3 is 13.3 Å². The maximum absolute atomic E-state index is 11.3. The fourth-order valence-electron chi connectivity index (χ4n) is 2.02. The number of phenolic OH excluding ortho intramolecular Hbond substituents is 1. The molecule has 25 heavy (non-hydrogen) atoms. The summed E-state index contributed by atoms with van der Waals surface area (Å²) in [7, 11) is -9.32. The fraction of sp³-hybridized carbons (Fsp3) is 0.0833. The third-order valence-corrected chi connectivity index (χ3v) is 4.54. The minimum atomic E-state index is -4.66. The molecule has 0 fully saturated rings. The molecule has 2 aromatic carbocycles. The zero-order valence-electron chi connectivity index (χ0n) is 15.5. The molecule has 0 atom stereocenters. The van der Waals surface area contributed by atoms with Crippen molar-refractivity contribution in [2.75, 3.05) is 5.32 Å². The summed E-state index contributed by atoms with van der Waals surface area (Å²) < 4.78 is 63.1. The van der Waals surface area contributed by atoms with Crippen molar-refractivity contribution in [3.05, 3.63) is 24.3 Å². The van der Waals surface area contributed by atoms with Crippen LogP contribution >= 0.6 is 0 Å². The molecule has 9 nitrogen and oxygen atoms in total. The zero-order valence-corrected chi connectivity index (χ0v) is 19.1. The van der Waals surface area contributed by atoms with E-state index in [1.165, 1.54) is 0 Å². The fourth-order valence-corrected chi connectivity index (χ4v) is 3.10. The van der Waals surface area contributed by atoms with Crippen molar-refractivity contribution < 1.29 is 97.8 Å². The van der Waals surface area contributed by atoms with E-state index >= 15 is 0 Å². The smallest absolute Gasteiger partial charge is 1.00 e. The van der Waals surface area contributed by atoms with E-state index in [2.05, 4.69) is 5.32 Å². The second kappa shape index (κ2) is 8.65. The van der Waals surface area contributed by atoms with E-state index in [1.54, 1.807) is 0 Å². The number of aromatic hydroxyl groups is 1. The molecule has 0 aromatic heterocycles. The second-order valence-electron chi connectivity index (χ2n) is 4.64. The molecule has 13 heteroatoms. The molecule has 4 N–H and O–H groups in total. The van der Waals surface area contributed by atoms with Crippen LogP contribution in [-0.2, 0) is 25.0 Å². The van der Waals surface area contributed by atoms with Crippen molar-refractivity contribution in [3.63, 3.8) is 0 Å². The Labute approximate surface area is 190 Å². The van der Waals surface area contributed by atoms with Crippen molar-refractivity contribution in [2.24, 2.45) is 0 Å². The van der Waals surface area contributed by atoms with Crippen LogP contribution in [0.2, 0.25) is 0 Å². The number of hydrogen-bond donors (Lipinski definition) is 4. The molecule has 0 saturated carbocycles. The third-order valence-electron chi connectivity index (χ3n) is 2.88. The number of nitrogens with one attached hydrogen (secondary N) is 1. The summed E-state index contributed by atoms with van der Waals surface area (Å²) in [4.78, 5) is 9.91. The number of anilines is 1. The number of fused-ring (bicyclic) bond motifs is 1. The second-order valence-corrected chi connectivity index (χ2v) is 7.49. The van der Waals surface area contributed by atoms with Gasteiger partial charge in [0.05, 0.1) is 15.5 Å². The van der Waals surface area contributed by atoms with Crippen molar-refractivity contribution in [1.82, 2.24) is 0 Å². The summed E-state index contributed by atoms with van der Waals surface area (Å²) in [5.74, 6) is -1.20. The van der Waals surface area contributed by atoms with Crippen LogP contribution in [0.1, 0.15) is 9.78 Å². The SMILES string of the molecule is CC(=O)Nc1cc(S(=O)(=O)O)cc2cc(S(=O)(=O)O)cc(O)c12.[H-].[H-].[Na+].[Na+]. The van der Waals surface area contributed by atoms with Crippen LogP contribution in [0.15, 0.2) is 34.1 Å². The minimum Gasteiger partial charge on any atom is -1.00 e. The first-order valence-corrected chi connectivity index (χ1v) is 8.81. The predicted molar refractivity (Wildman–Crippen MR) is 81.8 cm³/mol. The number of rotatable bonds is 3. The Morgan fingerprint density at radius 1 is 0.960 bits per heavy atom. The largest absolute Gasteiger partial charge is 1.00 e. The maximum Gasteiger partial charge on any atom is 1.00 e. The standard InChI is InChI=1S/C12H11NO8S2.2Na.2H/c1-6(14)13-10-4-8(22(16,17)18)2-7-3-9(23(19,20)21)5-11(15)12(7)10;;;;/h2-5,15H,1H3,(H,13,14)(H,16,17,18)(H,19,20,21);;;;/q;2*+1;2*-1. The van der Waals surface area contributed by atoms with Gasteiger partial charge in [-0.1, -0.05) is 0 Å². The monoisotopic (exact) mass is 409 g/mol. The Morgan fingerprint density at radius 3 is 1.80 bits per heavy atom. The van der Waals surface area contributed by atoms with Gasteiger partial charge >= 0.3 is 59.1 Å². The van der Waals surface area contributed by atoms with Crippen LogP contribution in [0.5, 0.6) is 5.75 Å². The van der Waals surface area contributed by atoms with Gasteiger partial charge in [0.1, 0.15) is 5.75 Å². The average molecular weight is 409 g/mol. The summed E-state index contributed by atoms with van der Waals surface area (Å²) in [6, 6.07) is 3.44. The molecule has 0 radical (unpaired) electrons. The average Bonchev–Trinajstić information content (AvgIpc) is 2.34. The van der Waals surface area contributed by atoms with E-state index < -0.39 is 41.7 Å². The van der Waals surface area contributed by atoms with Gasteiger partial charge in [-0.2, -0.15) is 16.8 Å². The number of carbonyl (C=O) groups is 1. The topological polar surface area (TPSA) is 158 Å². The number of amides is 1. The molecule has 0 aliphatic heterocycles. The van der Waals surface area contributed by atoms with Gasteiger partial charge in [0.25, 0.3) is 20.2 Å². The number of carbonyl (C=O) groups excluding carboxylic acids is 1. The normalized spacial score (nSPS) is 11.3. The quantitative estimate of drug-likeness (QED) is 0.291. The zero-order chi connectivity index (χ0) is 17.6. The van der Waals surface area contributed by atoms with Crippen LogP contribution in [0, 0.1) is 0 Å². The van der Waals surface area contributed by atoms with Crippen molar-refractivity contribution in [2.45, 2.75) is 16.7 Å². The first-order valence-electron chi connectivity index (χ1n) is 5.93. The molecule has 2 rings (SSSR count). The molecule has 0 unspecified atom stereocenters. The Kier molecular flexibility index (Phi) is 8.58. The van der Waals surface area contributed by atoms with Crippen LogP contribution in [-0.4, -0.2) is 37.0 Å². The van der Waals surface area contributed by atoms with Crippen LogP contribution in [0.3, 0.4) is 0 Å². The number of phenols is 1. The van der Waals surface area contributed by atoms with E-state index in [-0.39, 0.29) is 78.4 Å². The van der Waals surface area contributed by atoms with Gasteiger partial charge in [-0.25, -0.2) is 0 Å². The van der Waals surface area contributed by atoms with Gasteiger partial charge in [0.2, 0.25) is 5.91 Å². The van der Waals surface area contributed by atoms with Crippen LogP contribution in [0.25, 0.3) is 10.8 Å². The summed E-state index contributed by atoms with van der Waals surface area (Å²) >= 11 is 0. The van der Waals surface area contributed by atoms with Gasteiger partial charge in [-0.3, -0.25) is 13.9 Å². The van der Waals surface area contributed by atoms with Crippen molar-refractivity contribution >= 4 is 42.6 Å². The Bertz CT molecular complexity index is 1040. The molecular formula is C12H13NNa2O8S2. The van der Waals surface area contributed by atoms with Gasteiger partial charge in [-0.05, 0) is 23.6 Å². The summed E-state index contributed by atoms with van der Waals surface area (Å²) in [5.41, 5.74) is -0.151. The van der Waals surface area contributed by atoms with Gasteiger partial charge in [0, 0.05) is 18.4 Å². The van der Waals surface area contributed by atoms with E-state index in [0.717, 1.165) is 31.2 Å². The van der Waals surface area contributed by atoms with Gasteiger partial charge in [-0.15, -0.1) is 0 Å². The molecule has 0 aliphatic carbocycles. The minimum absolute atomic E-state index is 0. The molecule has 2 aromatic rings. The third kappa shape index (κ3) is 5.89. The molecule has 0 heterocycles. The Morgan fingerprint density at radius 2 is 1.40 bits per heavy atom. The Balaban J connectivity index is -0.00000144.